The summed E-state index contributed by atoms with van der Waals surface area (Å²) in [6, 6.07) is 15.3. The number of imide groups is 1. The van der Waals surface area contributed by atoms with Gasteiger partial charge in [-0.25, -0.2) is 18.3 Å². The van der Waals surface area contributed by atoms with Crippen molar-refractivity contribution in [3.63, 3.8) is 0 Å². The lowest BCUT2D eigenvalue weighted by Gasteiger charge is -2.35. The van der Waals surface area contributed by atoms with Crippen molar-refractivity contribution in [2.45, 2.75) is 61.7 Å². The summed E-state index contributed by atoms with van der Waals surface area (Å²) in [5.41, 5.74) is 3.45. The lowest BCUT2D eigenvalue weighted by atomic mass is 9.94. The van der Waals surface area contributed by atoms with Gasteiger partial charge in [0.2, 0.25) is 5.91 Å². The highest BCUT2D eigenvalue weighted by Crippen LogP contribution is 2.37. The SMILES string of the molecule is Cc1ccc2nc(-c3ccc(N4C(=O)CC(N(C5CCCCC5)S(=O)(=O)c5cccs5)C4=O)cc3)sc2c1. The fraction of sp³-hybridized carbons (Fsp3) is 0.321. The Kier molecular flexibility index (Phi) is 6.67. The van der Waals surface area contributed by atoms with Crippen LogP contribution in [-0.2, 0) is 19.6 Å². The topological polar surface area (TPSA) is 87.7 Å². The number of aryl methyl sites for hydroxylation is 1. The minimum Gasteiger partial charge on any atom is -0.274 e. The number of fused-ring (bicyclic) bond motifs is 1. The number of carbonyl (C=O) groups is 2. The Balaban J connectivity index is 1.30. The summed E-state index contributed by atoms with van der Waals surface area (Å²) in [7, 11) is -3.92. The molecule has 0 spiro atoms. The molecule has 1 saturated heterocycles. The molecule has 1 unspecified atom stereocenters. The van der Waals surface area contributed by atoms with Crippen molar-refractivity contribution >= 4 is 60.4 Å². The van der Waals surface area contributed by atoms with Crippen LogP contribution in [0.1, 0.15) is 44.1 Å². The van der Waals surface area contributed by atoms with E-state index < -0.39 is 22.0 Å². The van der Waals surface area contributed by atoms with Gasteiger partial charge in [-0.2, -0.15) is 4.31 Å². The van der Waals surface area contributed by atoms with E-state index in [-0.39, 0.29) is 22.6 Å². The third kappa shape index (κ3) is 4.49. The van der Waals surface area contributed by atoms with Crippen LogP contribution in [0.25, 0.3) is 20.8 Å². The first-order valence-corrected chi connectivity index (χ1v) is 15.9. The lowest BCUT2D eigenvalue weighted by molar-refractivity contribution is -0.122. The smallest absolute Gasteiger partial charge is 0.253 e. The zero-order chi connectivity index (χ0) is 26.4. The normalized spacial score (nSPS) is 19.2. The molecule has 1 aliphatic carbocycles. The van der Waals surface area contributed by atoms with Crippen LogP contribution in [0.5, 0.6) is 0 Å². The number of thiophene rings is 1. The Bertz CT molecular complexity index is 1600. The van der Waals surface area contributed by atoms with Crippen LogP contribution in [0.15, 0.2) is 64.2 Å². The van der Waals surface area contributed by atoms with E-state index in [9.17, 15) is 18.0 Å². The summed E-state index contributed by atoms with van der Waals surface area (Å²) in [4.78, 5) is 32.8. The first-order chi connectivity index (χ1) is 18.3. The Labute approximate surface area is 229 Å². The predicted octanol–water partition coefficient (Wildman–Crippen LogP) is 5.99. The Morgan fingerprint density at radius 2 is 1.76 bits per heavy atom. The van der Waals surface area contributed by atoms with Crippen LogP contribution in [0.2, 0.25) is 0 Å². The molecule has 2 amide bonds. The molecule has 2 aromatic heterocycles. The largest absolute Gasteiger partial charge is 0.274 e. The van der Waals surface area contributed by atoms with Crippen molar-refractivity contribution in [3.05, 3.63) is 65.5 Å². The van der Waals surface area contributed by atoms with E-state index in [4.69, 9.17) is 4.98 Å². The Hall–Kier alpha value is -2.92. The minimum atomic E-state index is -3.92. The van der Waals surface area contributed by atoms with Gasteiger partial charge in [-0.05, 0) is 73.2 Å². The number of hydrogen-bond acceptors (Lipinski definition) is 7. The third-order valence-corrected chi connectivity index (χ3v) is 11.7. The van der Waals surface area contributed by atoms with Gasteiger partial charge in [0.25, 0.3) is 15.9 Å². The molecule has 3 heterocycles. The van der Waals surface area contributed by atoms with Crippen LogP contribution in [0, 0.1) is 6.92 Å². The zero-order valence-electron chi connectivity index (χ0n) is 20.9. The molecular weight excluding hydrogens is 539 g/mol. The second-order valence-corrected chi connectivity index (χ2v) is 13.9. The molecule has 0 radical (unpaired) electrons. The molecule has 7 nitrogen and oxygen atoms in total. The second-order valence-electron chi connectivity index (χ2n) is 9.88. The van der Waals surface area contributed by atoms with Gasteiger partial charge in [-0.1, -0.05) is 31.4 Å². The maximum atomic E-state index is 13.7. The number of thiazole rings is 1. The van der Waals surface area contributed by atoms with Gasteiger partial charge < -0.3 is 0 Å². The highest BCUT2D eigenvalue weighted by Gasteiger charge is 2.49. The molecule has 2 aliphatic rings. The number of anilines is 1. The maximum Gasteiger partial charge on any atom is 0.253 e. The average molecular weight is 566 g/mol. The number of carbonyl (C=O) groups excluding carboxylic acids is 2. The zero-order valence-corrected chi connectivity index (χ0v) is 23.3. The molecule has 10 heteroatoms. The van der Waals surface area contributed by atoms with E-state index in [0.717, 1.165) is 56.3 Å². The van der Waals surface area contributed by atoms with Crippen molar-refractivity contribution in [1.82, 2.24) is 9.29 Å². The van der Waals surface area contributed by atoms with Crippen molar-refractivity contribution in [3.8, 4) is 10.6 Å². The van der Waals surface area contributed by atoms with Crippen LogP contribution in [-0.4, -0.2) is 41.6 Å². The predicted molar refractivity (Wildman–Crippen MR) is 151 cm³/mol. The molecular formula is C28H27N3O4S3. The van der Waals surface area contributed by atoms with Crippen molar-refractivity contribution in [2.24, 2.45) is 0 Å². The first kappa shape index (κ1) is 25.4. The number of aromatic nitrogens is 1. The molecule has 196 valence electrons. The fourth-order valence-corrected chi connectivity index (χ4v) is 9.45. The van der Waals surface area contributed by atoms with Gasteiger partial charge in [0.15, 0.2) is 0 Å². The van der Waals surface area contributed by atoms with E-state index >= 15 is 0 Å². The van der Waals surface area contributed by atoms with Crippen molar-refractivity contribution in [1.29, 1.82) is 0 Å². The Morgan fingerprint density at radius 3 is 2.47 bits per heavy atom. The van der Waals surface area contributed by atoms with Crippen LogP contribution >= 0.6 is 22.7 Å². The summed E-state index contributed by atoms with van der Waals surface area (Å²) < 4.78 is 30.1. The molecule has 2 fully saturated rings. The van der Waals surface area contributed by atoms with Crippen molar-refractivity contribution in [2.75, 3.05) is 4.90 Å². The number of amides is 2. The monoisotopic (exact) mass is 565 g/mol. The molecule has 2 aromatic carbocycles. The number of sulfonamides is 1. The number of nitrogens with zero attached hydrogens (tertiary/aromatic N) is 3. The van der Waals surface area contributed by atoms with Gasteiger partial charge in [0.1, 0.15) is 15.3 Å². The fourth-order valence-electron chi connectivity index (χ4n) is 5.46. The quantitative estimate of drug-likeness (QED) is 0.268. The summed E-state index contributed by atoms with van der Waals surface area (Å²) in [6.07, 6.45) is 4.10. The molecule has 1 saturated carbocycles. The van der Waals surface area contributed by atoms with Gasteiger partial charge in [-0.15, -0.1) is 22.7 Å². The van der Waals surface area contributed by atoms with Crippen LogP contribution < -0.4 is 4.90 Å². The lowest BCUT2D eigenvalue weighted by Crippen LogP contribution is -2.51. The first-order valence-electron chi connectivity index (χ1n) is 12.7. The van der Waals surface area contributed by atoms with E-state index in [1.54, 1.807) is 41.0 Å². The molecule has 0 N–H and O–H groups in total. The molecule has 0 bridgehead atoms. The molecule has 4 aromatic rings. The standard InChI is InChI=1S/C28H27N3O4S3/c1-18-9-14-22-24(16-18)37-27(29-22)19-10-12-20(13-11-19)30-25(32)17-23(28(30)33)31(21-6-3-2-4-7-21)38(34,35)26-8-5-15-36-26/h5,8-16,21,23H,2-4,6-7,17H2,1H3. The van der Waals surface area contributed by atoms with Crippen LogP contribution in [0.3, 0.4) is 0 Å². The molecule has 1 aliphatic heterocycles. The highest BCUT2D eigenvalue weighted by molar-refractivity contribution is 7.91. The average Bonchev–Trinajstić information content (AvgIpc) is 3.65. The highest BCUT2D eigenvalue weighted by atomic mass is 32.2. The van der Waals surface area contributed by atoms with E-state index in [1.165, 1.54) is 9.87 Å². The maximum absolute atomic E-state index is 13.7. The molecule has 1 atom stereocenters. The summed E-state index contributed by atoms with van der Waals surface area (Å²) in [6.45, 7) is 2.05. The third-order valence-electron chi connectivity index (χ3n) is 7.31. The second kappa shape index (κ2) is 10.00. The van der Waals surface area contributed by atoms with E-state index in [2.05, 4.69) is 6.07 Å². The van der Waals surface area contributed by atoms with Crippen molar-refractivity contribution < 1.29 is 18.0 Å². The van der Waals surface area contributed by atoms with Gasteiger partial charge in [0, 0.05) is 11.6 Å². The summed E-state index contributed by atoms with van der Waals surface area (Å²) in [5.74, 6) is -0.866. The Morgan fingerprint density at radius 1 is 1.00 bits per heavy atom. The number of benzene rings is 2. The molecule has 6 rings (SSSR count). The van der Waals surface area contributed by atoms with Gasteiger partial charge >= 0.3 is 0 Å². The van der Waals surface area contributed by atoms with Gasteiger partial charge in [-0.3, -0.25) is 9.59 Å². The van der Waals surface area contributed by atoms with Gasteiger partial charge in [0.05, 0.1) is 22.3 Å². The van der Waals surface area contributed by atoms with E-state index in [1.807, 2.05) is 31.2 Å². The minimum absolute atomic E-state index is 0.154. The molecule has 38 heavy (non-hydrogen) atoms. The summed E-state index contributed by atoms with van der Waals surface area (Å²) in [5, 5.41) is 2.58. The number of rotatable bonds is 6. The van der Waals surface area contributed by atoms with Crippen LogP contribution in [0.4, 0.5) is 5.69 Å². The number of hydrogen-bond donors (Lipinski definition) is 0. The van der Waals surface area contributed by atoms with E-state index in [0.29, 0.717) is 18.5 Å². The summed E-state index contributed by atoms with van der Waals surface area (Å²) >= 11 is 2.73.